The zero-order chi connectivity index (χ0) is 18.8. The number of nitrogens with zero attached hydrogens (tertiary/aromatic N) is 6. The van der Waals surface area contributed by atoms with Crippen LogP contribution in [0.25, 0.3) is 0 Å². The van der Waals surface area contributed by atoms with Gasteiger partial charge >= 0.3 is 0 Å². The van der Waals surface area contributed by atoms with E-state index in [0.29, 0.717) is 0 Å². The summed E-state index contributed by atoms with van der Waals surface area (Å²) in [5.74, 6) is 3.18. The second-order valence-corrected chi connectivity index (χ2v) is 7.96. The average molecular weight is 367 g/mol. The minimum atomic E-state index is 0.909. The van der Waals surface area contributed by atoms with E-state index >= 15 is 0 Å². The molecule has 2 aromatic heterocycles. The van der Waals surface area contributed by atoms with Crippen LogP contribution in [0.4, 0.5) is 11.6 Å². The lowest BCUT2D eigenvalue weighted by Crippen LogP contribution is -2.47. The highest BCUT2D eigenvalue weighted by Gasteiger charge is 2.24. The molecule has 2 aliphatic rings. The highest BCUT2D eigenvalue weighted by atomic mass is 15.3. The van der Waals surface area contributed by atoms with Crippen molar-refractivity contribution in [2.75, 3.05) is 50.1 Å². The molecule has 1 fully saturated rings. The van der Waals surface area contributed by atoms with Crippen LogP contribution in [0.15, 0.2) is 18.3 Å². The quantitative estimate of drug-likeness (QED) is 0.828. The molecule has 144 valence electrons. The Hall–Kier alpha value is -2.21. The number of aryl methyl sites for hydroxylation is 2. The van der Waals surface area contributed by atoms with Crippen molar-refractivity contribution in [3.05, 3.63) is 41.0 Å². The molecule has 6 nitrogen and oxygen atoms in total. The molecule has 0 amide bonds. The summed E-state index contributed by atoms with van der Waals surface area (Å²) in [7, 11) is 4.17. The number of pyridine rings is 1. The molecule has 2 aromatic rings. The number of hydrogen-bond donors (Lipinski definition) is 0. The summed E-state index contributed by atoms with van der Waals surface area (Å²) >= 11 is 0. The van der Waals surface area contributed by atoms with Crippen LogP contribution in [0.2, 0.25) is 0 Å². The summed E-state index contributed by atoms with van der Waals surface area (Å²) in [6.07, 6.45) is 6.75. The Kier molecular flexibility index (Phi) is 5.25. The van der Waals surface area contributed by atoms with Crippen molar-refractivity contribution in [2.24, 2.45) is 0 Å². The molecule has 3 heterocycles. The van der Waals surface area contributed by atoms with Crippen molar-refractivity contribution in [3.8, 4) is 0 Å². The molecular weight excluding hydrogens is 336 g/mol. The maximum absolute atomic E-state index is 4.82. The van der Waals surface area contributed by atoms with Crippen molar-refractivity contribution in [1.82, 2.24) is 19.9 Å². The predicted octanol–water partition coefficient (Wildman–Crippen LogP) is 2.45. The summed E-state index contributed by atoms with van der Waals surface area (Å²) in [5, 5.41) is 0. The molecule has 0 saturated carbocycles. The van der Waals surface area contributed by atoms with Crippen molar-refractivity contribution >= 4 is 11.6 Å². The third-order valence-corrected chi connectivity index (χ3v) is 5.48. The lowest BCUT2D eigenvalue weighted by molar-refractivity contribution is 0.402. The number of aromatic nitrogens is 3. The van der Waals surface area contributed by atoms with E-state index < -0.39 is 0 Å². The Balaban J connectivity index is 1.44. The van der Waals surface area contributed by atoms with Crippen LogP contribution in [0.3, 0.4) is 0 Å². The molecule has 0 unspecified atom stereocenters. The minimum absolute atomic E-state index is 0.909. The second kappa shape index (κ2) is 7.80. The van der Waals surface area contributed by atoms with Crippen LogP contribution in [-0.4, -0.2) is 60.1 Å². The van der Waals surface area contributed by atoms with Gasteiger partial charge in [0.2, 0.25) is 0 Å². The minimum Gasteiger partial charge on any atom is -0.353 e. The first kappa shape index (κ1) is 18.2. The van der Waals surface area contributed by atoms with Crippen LogP contribution in [0.1, 0.15) is 35.5 Å². The van der Waals surface area contributed by atoms with E-state index in [4.69, 9.17) is 15.0 Å². The van der Waals surface area contributed by atoms with E-state index in [2.05, 4.69) is 40.9 Å². The van der Waals surface area contributed by atoms with E-state index in [1.165, 1.54) is 35.5 Å². The van der Waals surface area contributed by atoms with Gasteiger partial charge in [0.1, 0.15) is 17.5 Å². The summed E-state index contributed by atoms with van der Waals surface area (Å²) in [4.78, 5) is 21.2. The van der Waals surface area contributed by atoms with Gasteiger partial charge in [0, 0.05) is 50.2 Å². The summed E-state index contributed by atoms with van der Waals surface area (Å²) in [5.41, 5.74) is 3.93. The zero-order valence-corrected chi connectivity index (χ0v) is 16.8. The van der Waals surface area contributed by atoms with Gasteiger partial charge in [-0.25, -0.2) is 15.0 Å². The maximum Gasteiger partial charge on any atom is 0.135 e. The van der Waals surface area contributed by atoms with Crippen molar-refractivity contribution in [1.29, 1.82) is 0 Å². The second-order valence-electron chi connectivity index (χ2n) is 7.96. The normalized spacial score (nSPS) is 17.3. The van der Waals surface area contributed by atoms with Crippen molar-refractivity contribution < 1.29 is 0 Å². The van der Waals surface area contributed by atoms with Crippen LogP contribution in [0.5, 0.6) is 0 Å². The van der Waals surface area contributed by atoms with Crippen LogP contribution >= 0.6 is 0 Å². The summed E-state index contributed by atoms with van der Waals surface area (Å²) in [6.45, 7) is 6.90. The van der Waals surface area contributed by atoms with Gasteiger partial charge in [0.25, 0.3) is 0 Å². The molecule has 4 rings (SSSR count). The van der Waals surface area contributed by atoms with Crippen LogP contribution in [-0.2, 0) is 19.4 Å². The third kappa shape index (κ3) is 4.05. The van der Waals surface area contributed by atoms with E-state index in [9.17, 15) is 0 Å². The van der Waals surface area contributed by atoms with Crippen LogP contribution in [0, 0.1) is 6.92 Å². The third-order valence-electron chi connectivity index (χ3n) is 5.48. The predicted molar refractivity (Wildman–Crippen MR) is 109 cm³/mol. The van der Waals surface area contributed by atoms with Crippen molar-refractivity contribution in [3.63, 3.8) is 0 Å². The smallest absolute Gasteiger partial charge is 0.135 e. The van der Waals surface area contributed by atoms with Crippen LogP contribution < -0.4 is 9.80 Å². The average Bonchev–Trinajstić information content (AvgIpc) is 2.68. The molecule has 1 aliphatic carbocycles. The van der Waals surface area contributed by atoms with Gasteiger partial charge < -0.3 is 14.7 Å². The highest BCUT2D eigenvalue weighted by Crippen LogP contribution is 2.29. The largest absolute Gasteiger partial charge is 0.353 e. The maximum atomic E-state index is 4.82. The molecule has 0 aromatic carbocycles. The van der Waals surface area contributed by atoms with Gasteiger partial charge in [-0.05, 0) is 58.3 Å². The topological polar surface area (TPSA) is 48.4 Å². The SMILES string of the molecule is Cc1nc2c(c(N3CCN(c4ccc(CN(C)C)cn4)CC3)n1)CCCC2. The molecule has 0 N–H and O–H groups in total. The van der Waals surface area contributed by atoms with Gasteiger partial charge in [0.05, 0.1) is 0 Å². The molecule has 0 spiro atoms. The molecular formula is C21H30N6. The lowest BCUT2D eigenvalue weighted by Gasteiger charge is -2.37. The number of piperazine rings is 1. The Morgan fingerprint density at radius 2 is 1.70 bits per heavy atom. The van der Waals surface area contributed by atoms with Gasteiger partial charge in [-0.2, -0.15) is 0 Å². The van der Waals surface area contributed by atoms with E-state index in [1.54, 1.807) is 0 Å². The number of anilines is 2. The van der Waals surface area contributed by atoms with E-state index in [1.807, 2.05) is 13.1 Å². The Labute approximate surface area is 162 Å². The molecule has 0 atom stereocenters. The van der Waals surface area contributed by atoms with Gasteiger partial charge in [-0.15, -0.1) is 0 Å². The Morgan fingerprint density at radius 3 is 2.41 bits per heavy atom. The Bertz CT molecular complexity index is 778. The summed E-state index contributed by atoms with van der Waals surface area (Å²) in [6, 6.07) is 4.35. The molecule has 0 radical (unpaired) electrons. The first-order valence-corrected chi connectivity index (χ1v) is 10.1. The fraction of sp³-hybridized carbons (Fsp3) is 0.571. The fourth-order valence-corrected chi connectivity index (χ4v) is 4.17. The lowest BCUT2D eigenvalue weighted by atomic mass is 9.96. The molecule has 6 heteroatoms. The molecule has 1 aliphatic heterocycles. The van der Waals surface area contributed by atoms with Gasteiger partial charge in [-0.3, -0.25) is 0 Å². The monoisotopic (exact) mass is 366 g/mol. The van der Waals surface area contributed by atoms with Gasteiger partial charge in [0.15, 0.2) is 0 Å². The number of rotatable bonds is 4. The zero-order valence-electron chi connectivity index (χ0n) is 16.8. The molecule has 0 bridgehead atoms. The first-order valence-electron chi connectivity index (χ1n) is 10.1. The highest BCUT2D eigenvalue weighted by molar-refractivity contribution is 5.52. The van der Waals surface area contributed by atoms with Crippen molar-refractivity contribution in [2.45, 2.75) is 39.2 Å². The van der Waals surface area contributed by atoms with Gasteiger partial charge in [-0.1, -0.05) is 6.07 Å². The first-order chi connectivity index (χ1) is 13.1. The molecule has 1 saturated heterocycles. The molecule has 27 heavy (non-hydrogen) atoms. The van der Waals surface area contributed by atoms with E-state index in [0.717, 1.165) is 57.2 Å². The number of fused-ring (bicyclic) bond motifs is 1. The Morgan fingerprint density at radius 1 is 0.963 bits per heavy atom. The summed E-state index contributed by atoms with van der Waals surface area (Å²) < 4.78 is 0. The fourth-order valence-electron chi connectivity index (χ4n) is 4.17. The standard InChI is InChI=1S/C21H30N6/c1-16-23-19-7-5-4-6-18(19)21(24-16)27-12-10-26(11-13-27)20-9-8-17(14-22-20)15-25(2)3/h8-9,14H,4-7,10-13,15H2,1-3H3. The number of hydrogen-bond acceptors (Lipinski definition) is 6. The van der Waals surface area contributed by atoms with E-state index in [-0.39, 0.29) is 0 Å².